The highest BCUT2D eigenvalue weighted by atomic mass is 127. The summed E-state index contributed by atoms with van der Waals surface area (Å²) in [5, 5.41) is 13.1. The van der Waals surface area contributed by atoms with Crippen LogP contribution in [0.3, 0.4) is 0 Å². The maximum absolute atomic E-state index is 13.1. The first-order chi connectivity index (χ1) is 10.8. The average molecular weight is 2270 g/mol. The van der Waals surface area contributed by atoms with Gasteiger partial charge in [-0.2, -0.15) is 0 Å². The molecule has 1 radical (unpaired) electrons. The molecule has 0 rings (SSSR count). The van der Waals surface area contributed by atoms with Crippen LogP contribution in [0.25, 0.3) is 0 Å². The summed E-state index contributed by atoms with van der Waals surface area (Å²) in [4.78, 5) is 0. The Morgan fingerprint density at radius 2 is 0.577 bits per heavy atom. The molecule has 0 aromatic heterocycles. The van der Waals surface area contributed by atoms with Crippen LogP contribution in [0.4, 0.5) is 0 Å². The zero-order valence-electron chi connectivity index (χ0n) is 10.8. The second kappa shape index (κ2) is 13.6. The second-order valence-electron chi connectivity index (χ2n) is 4.47. The van der Waals surface area contributed by atoms with Crippen LogP contribution in [0.1, 0.15) is 0 Å². The van der Waals surface area contributed by atoms with Gasteiger partial charge in [0.15, 0.2) is 0 Å². The van der Waals surface area contributed by atoms with Crippen LogP contribution < -0.4 is 0 Å². The molecule has 0 unspecified atom stereocenters. The van der Waals surface area contributed by atoms with E-state index in [0.29, 0.717) is 0 Å². The molecule has 1 nitrogen and oxygen atoms in total. The molecule has 0 aliphatic rings. The summed E-state index contributed by atoms with van der Waals surface area (Å²) in [5.74, 6) is 0. The fourth-order valence-electron chi connectivity index (χ4n) is 1.31. The van der Waals surface area contributed by atoms with Crippen molar-refractivity contribution in [2.24, 2.45) is 0 Å². The monoisotopic (exact) mass is 2270 g/mol. The van der Waals surface area contributed by atoms with Gasteiger partial charge >= 0.3 is 0 Å². The largest absolute Gasteiger partial charge is 0.229 e. The number of alkyl halides is 17. The van der Waals surface area contributed by atoms with Crippen molar-refractivity contribution in [1.29, 1.82) is 0 Å². The van der Waals surface area contributed by atoms with Gasteiger partial charge in [-0.1, -0.05) is 339 Å². The molecular weight excluding hydrogens is 2270 g/mol. The highest BCUT2D eigenvalue weighted by Gasteiger charge is 2.78. The van der Waals surface area contributed by atoms with Crippen LogP contribution in [-0.2, 0) is 5.11 Å². The molecule has 0 fully saturated rings. The fourth-order valence-corrected chi connectivity index (χ4v) is 31.9. The van der Waals surface area contributed by atoms with Gasteiger partial charge < -0.3 is 0 Å². The molecular formula is C8I17O. The molecule has 0 heterocycles. The maximum atomic E-state index is 13.1. The standard InChI is InChI=1S/C8I17O/c9-1(6(18,19)20,7(21,22)23)2(10,11)3(12,13)4(14,15)5(16,17)8(24,25)26. The molecule has 0 aliphatic carbocycles. The van der Waals surface area contributed by atoms with Crippen LogP contribution in [0.2, 0.25) is 0 Å². The van der Waals surface area contributed by atoms with Crippen molar-refractivity contribution < 1.29 is 5.11 Å². The lowest BCUT2D eigenvalue weighted by molar-refractivity contribution is 0.161. The van der Waals surface area contributed by atoms with E-state index in [9.17, 15) is 5.11 Å². The third-order valence-corrected chi connectivity index (χ3v) is 49.3. The molecule has 157 valence electrons. The predicted molar refractivity (Wildman–Crippen MR) is 261 cm³/mol. The minimum Gasteiger partial charge on any atom is -0.204 e. The summed E-state index contributed by atoms with van der Waals surface area (Å²) in [6.07, 6.45) is 0. The Morgan fingerprint density at radius 3 is 0.769 bits per heavy atom. The summed E-state index contributed by atoms with van der Waals surface area (Å²) in [7, 11) is 0. The molecule has 0 aromatic rings. The third kappa shape index (κ3) is 8.01. The van der Waals surface area contributed by atoms with E-state index in [1.165, 1.54) is 0 Å². The Hall–Kier alpha value is 12.4. The molecule has 0 bridgehead atoms. The lowest BCUT2D eigenvalue weighted by Gasteiger charge is -2.59. The first-order valence-corrected chi connectivity index (χ1v) is 23.5. The van der Waals surface area contributed by atoms with Crippen molar-refractivity contribution in [3.8, 4) is 0 Å². The molecule has 26 heavy (non-hydrogen) atoms. The quantitative estimate of drug-likeness (QED) is 0.179. The number of halogens is 17. The van der Waals surface area contributed by atoms with Crippen molar-refractivity contribution in [3.05, 3.63) is 0 Å². The molecule has 0 atom stereocenters. The average Bonchev–Trinajstić information content (AvgIpc) is 2.32. The van der Waals surface area contributed by atoms with E-state index in [0.717, 1.165) is 0 Å². The van der Waals surface area contributed by atoms with Gasteiger partial charge in [0, 0.05) is 0 Å². The van der Waals surface area contributed by atoms with Crippen LogP contribution in [0.5, 0.6) is 0 Å². The van der Waals surface area contributed by atoms with Crippen molar-refractivity contribution >= 4 is 384 Å². The third-order valence-electron chi connectivity index (χ3n) is 2.76. The van der Waals surface area contributed by atoms with Crippen LogP contribution in [-0.4, -0.2) is 9.62 Å². The Bertz CT molecular complexity index is 504. The molecule has 0 aliphatic heterocycles. The van der Waals surface area contributed by atoms with E-state index in [4.69, 9.17) is 0 Å². The van der Waals surface area contributed by atoms with Crippen molar-refractivity contribution in [3.63, 3.8) is 0 Å². The van der Waals surface area contributed by atoms with Gasteiger partial charge in [0.05, 0.1) is 0 Å². The van der Waals surface area contributed by atoms with Gasteiger partial charge in [0.2, 0.25) is 1.61 Å². The van der Waals surface area contributed by atoms with Gasteiger partial charge in [-0.25, -0.2) is 5.11 Å². The molecule has 18 heteroatoms. The van der Waals surface area contributed by atoms with Gasteiger partial charge in [-0.3, -0.25) is 0 Å². The predicted octanol–water partition coefficient (Wildman–Crippen LogP) is 13.3. The topological polar surface area (TPSA) is 19.9 Å². The van der Waals surface area contributed by atoms with Crippen LogP contribution >= 0.6 is 384 Å². The second-order valence-corrected chi connectivity index (χ2v) is 54.5. The van der Waals surface area contributed by atoms with Crippen LogP contribution in [0.15, 0.2) is 0 Å². The SMILES string of the molecule is [O]C(I)(I)C(I)(I)C(I)(I)C(I)(I)C(I)(I)C(I)(C(I)(I)I)C(I)(I)I. The zero-order valence-corrected chi connectivity index (χ0v) is 47.5. The minimum atomic E-state index is -1.14. The zero-order chi connectivity index (χ0) is 22.0. The Morgan fingerprint density at radius 1 is 0.346 bits per heavy atom. The highest BCUT2D eigenvalue weighted by Crippen LogP contribution is 2.80. The molecule has 0 N–H and O–H groups in total. The normalized spacial score (nSPS) is 16.8. The Kier molecular flexibility index (Phi) is 20.0. The first kappa shape index (κ1) is 38.4. The minimum absolute atomic E-state index is 0.0415. The molecule has 0 aromatic carbocycles. The lowest BCUT2D eigenvalue weighted by Crippen LogP contribution is -2.69. The summed E-state index contributed by atoms with van der Waals surface area (Å²) >= 11 is 42.5. The van der Waals surface area contributed by atoms with Gasteiger partial charge in [0.25, 0.3) is 0 Å². The number of hydrogen-bond donors (Lipinski definition) is 0. The highest BCUT2D eigenvalue weighted by molar-refractivity contribution is 14.3. The summed E-state index contributed by atoms with van der Waals surface area (Å²) in [5.41, 5.74) is 0. The maximum Gasteiger partial charge on any atom is 0.229 e. The fraction of sp³-hybridized carbons (Fsp3) is 1.00. The van der Waals surface area contributed by atoms with Gasteiger partial charge in [0.1, 0.15) is 8.01 Å². The van der Waals surface area contributed by atoms with E-state index in [2.05, 4.69) is 384 Å². The molecule has 0 amide bonds. The first-order valence-electron chi connectivity index (χ1n) is 5.17. The molecule has 0 saturated carbocycles. The van der Waals surface area contributed by atoms with Crippen molar-refractivity contribution in [2.75, 3.05) is 0 Å². The van der Waals surface area contributed by atoms with Crippen molar-refractivity contribution in [2.45, 2.75) is 9.62 Å². The lowest BCUT2D eigenvalue weighted by atomic mass is 10.0. The van der Waals surface area contributed by atoms with Gasteiger partial charge in [-0.05, 0) is 45.2 Å². The van der Waals surface area contributed by atoms with E-state index < -0.39 is 3.04 Å². The van der Waals surface area contributed by atoms with Crippen LogP contribution in [0, 0.1) is 0 Å². The van der Waals surface area contributed by atoms with E-state index in [-0.39, 0.29) is 6.58 Å². The summed E-state index contributed by atoms with van der Waals surface area (Å²) in [6.45, 7) is 0. The smallest absolute Gasteiger partial charge is 0.204 e. The Balaban J connectivity index is 6.86. The summed E-state index contributed by atoms with van der Waals surface area (Å²) in [6, 6.07) is 0. The van der Waals surface area contributed by atoms with Gasteiger partial charge in [-0.15, -0.1) is 0 Å². The van der Waals surface area contributed by atoms with E-state index >= 15 is 0 Å². The van der Waals surface area contributed by atoms with E-state index in [1.54, 1.807) is 0 Å². The van der Waals surface area contributed by atoms with E-state index in [1.807, 2.05) is 0 Å². The number of rotatable bonds is 7. The number of hydrogen-bond acceptors (Lipinski definition) is 0. The molecule has 0 saturated heterocycles. The molecule has 0 spiro atoms. The summed E-state index contributed by atoms with van der Waals surface area (Å²) < 4.78 is -2.62. The van der Waals surface area contributed by atoms with Crippen molar-refractivity contribution in [1.82, 2.24) is 0 Å². The Labute approximate surface area is 386 Å².